The fourth-order valence-electron chi connectivity index (χ4n) is 2.87. The van der Waals surface area contributed by atoms with Crippen LogP contribution < -0.4 is 20.1 Å². The van der Waals surface area contributed by atoms with Crippen molar-refractivity contribution < 1.29 is 18.6 Å². The molecular weight excluding hydrogens is 413 g/mol. The lowest BCUT2D eigenvalue weighted by molar-refractivity contribution is 0.411. The van der Waals surface area contributed by atoms with E-state index < -0.39 is 14.3 Å². The summed E-state index contributed by atoms with van der Waals surface area (Å²) in [6.45, 7) is 6.64. The molecule has 0 fully saturated rings. The zero-order valence-corrected chi connectivity index (χ0v) is 18.9. The molecule has 142 valence electrons. The van der Waals surface area contributed by atoms with Crippen LogP contribution in [0.25, 0.3) is 11.1 Å². The van der Waals surface area contributed by atoms with Crippen LogP contribution in [0.15, 0.2) is 24.3 Å². The Kier molecular flexibility index (Phi) is 6.25. The largest absolute Gasteiger partial charge is 0.495 e. The summed E-state index contributed by atoms with van der Waals surface area (Å²) in [7, 11) is -2.48. The molecule has 0 saturated heterocycles. The van der Waals surface area contributed by atoms with E-state index in [0.29, 0.717) is 43.3 Å². The molecule has 0 saturated carbocycles. The predicted molar refractivity (Wildman–Crippen MR) is 113 cm³/mol. The molecule has 0 unspecified atom stereocenters. The topological polar surface area (TPSA) is 52.6 Å². The van der Waals surface area contributed by atoms with E-state index in [0.717, 1.165) is 0 Å². The van der Waals surface area contributed by atoms with Crippen LogP contribution in [0.1, 0.15) is 0 Å². The van der Waals surface area contributed by atoms with Gasteiger partial charge in [0.25, 0.3) is 0 Å². The lowest BCUT2D eigenvalue weighted by Crippen LogP contribution is -2.16. The van der Waals surface area contributed by atoms with Crippen molar-refractivity contribution in [3.05, 3.63) is 34.3 Å². The summed E-state index contributed by atoms with van der Waals surface area (Å²) in [5.74, 6) is 0.701. The van der Waals surface area contributed by atoms with E-state index in [-0.39, 0.29) is 0 Å². The second-order valence-electron chi connectivity index (χ2n) is 6.65. The summed E-state index contributed by atoms with van der Waals surface area (Å²) in [6.07, 6.45) is 0. The van der Waals surface area contributed by atoms with Crippen molar-refractivity contribution in [1.29, 1.82) is 0 Å². The monoisotopic (exact) mass is 434 g/mol. The SMILES string of the molecule is COc1c(Cl)ccc(P(C)(C)=O)c1-c1c(P(C)(C)=O)ccc(Cl)c1OC. The normalized spacial score (nSPS) is 12.2. The number of rotatable bonds is 5. The summed E-state index contributed by atoms with van der Waals surface area (Å²) in [6, 6.07) is 6.71. The fraction of sp³-hybridized carbons (Fsp3) is 0.333. The molecule has 0 spiro atoms. The molecule has 0 aliphatic carbocycles. The van der Waals surface area contributed by atoms with Gasteiger partial charge in [-0.2, -0.15) is 0 Å². The van der Waals surface area contributed by atoms with Gasteiger partial charge in [0.15, 0.2) is 0 Å². The highest BCUT2D eigenvalue weighted by atomic mass is 35.5. The first-order valence-corrected chi connectivity index (χ1v) is 13.7. The predicted octanol–water partition coefficient (Wildman–Crippen LogP) is 5.17. The van der Waals surface area contributed by atoms with Crippen molar-refractivity contribution in [1.82, 2.24) is 0 Å². The molecule has 2 aromatic rings. The molecular formula is C18H22Cl2O4P2. The first-order valence-electron chi connectivity index (χ1n) is 7.78. The minimum absolute atomic E-state index is 0.350. The Labute approximate surface area is 164 Å². The first kappa shape index (κ1) is 21.4. The van der Waals surface area contributed by atoms with Crippen LogP contribution in [0, 0.1) is 0 Å². The molecule has 2 aromatic carbocycles. The van der Waals surface area contributed by atoms with Gasteiger partial charge in [-0.05, 0) is 50.9 Å². The summed E-state index contributed by atoms with van der Waals surface area (Å²) < 4.78 is 37.1. The Morgan fingerprint density at radius 2 is 1.00 bits per heavy atom. The molecule has 0 aliphatic heterocycles. The Hall–Kier alpha value is -0.920. The second-order valence-corrected chi connectivity index (χ2v) is 13.8. The number of methoxy groups -OCH3 is 2. The summed E-state index contributed by atoms with van der Waals surface area (Å²) in [5, 5.41) is 1.84. The van der Waals surface area contributed by atoms with E-state index in [9.17, 15) is 9.13 Å². The second kappa shape index (κ2) is 7.60. The third-order valence-electron chi connectivity index (χ3n) is 3.99. The molecule has 0 N–H and O–H groups in total. The van der Waals surface area contributed by atoms with Gasteiger partial charge in [-0.1, -0.05) is 23.2 Å². The smallest absolute Gasteiger partial charge is 0.146 e. The minimum Gasteiger partial charge on any atom is -0.495 e. The van der Waals surface area contributed by atoms with Crippen molar-refractivity contribution in [3.8, 4) is 22.6 Å². The molecule has 0 heterocycles. The van der Waals surface area contributed by atoms with E-state index in [2.05, 4.69) is 0 Å². The lowest BCUT2D eigenvalue weighted by atomic mass is 10.0. The van der Waals surface area contributed by atoms with Gasteiger partial charge in [-0.25, -0.2) is 0 Å². The Bertz CT molecular complexity index is 867. The van der Waals surface area contributed by atoms with Gasteiger partial charge in [0.05, 0.1) is 24.3 Å². The van der Waals surface area contributed by atoms with Crippen molar-refractivity contribution in [2.45, 2.75) is 0 Å². The van der Waals surface area contributed by atoms with Crippen LogP contribution in [-0.4, -0.2) is 40.9 Å². The molecule has 26 heavy (non-hydrogen) atoms. The standard InChI is InChI=1S/C18H22Cl2O4P2/c1-23-17-11(19)7-9-13(25(3,4)21)15(17)16-14(26(5,6)22)10-8-12(20)18(16)24-2/h7-10H,1-6H3. The van der Waals surface area contributed by atoms with Gasteiger partial charge >= 0.3 is 0 Å². The third-order valence-corrected chi connectivity index (χ3v) is 7.66. The molecule has 0 radical (unpaired) electrons. The fourth-order valence-corrected chi connectivity index (χ4v) is 5.71. The highest BCUT2D eigenvalue weighted by Crippen LogP contribution is 2.51. The van der Waals surface area contributed by atoms with E-state index in [1.165, 1.54) is 14.2 Å². The highest BCUT2D eigenvalue weighted by Gasteiger charge is 2.30. The van der Waals surface area contributed by atoms with Gasteiger partial charge in [-0.3, -0.25) is 0 Å². The average Bonchev–Trinajstić information content (AvgIpc) is 2.51. The van der Waals surface area contributed by atoms with Gasteiger partial charge in [0, 0.05) is 21.7 Å². The van der Waals surface area contributed by atoms with Crippen molar-refractivity contribution >= 4 is 48.1 Å². The molecule has 0 amide bonds. The number of hydrogen-bond acceptors (Lipinski definition) is 4. The number of hydrogen-bond donors (Lipinski definition) is 0. The van der Waals surface area contributed by atoms with E-state index in [1.807, 2.05) is 0 Å². The van der Waals surface area contributed by atoms with Gasteiger partial charge in [0.2, 0.25) is 0 Å². The van der Waals surface area contributed by atoms with E-state index in [1.54, 1.807) is 50.9 Å². The van der Waals surface area contributed by atoms with Crippen molar-refractivity contribution in [3.63, 3.8) is 0 Å². The number of benzene rings is 2. The molecule has 4 nitrogen and oxygen atoms in total. The third kappa shape index (κ3) is 3.99. The number of ether oxygens (including phenoxy) is 2. The average molecular weight is 435 g/mol. The van der Waals surface area contributed by atoms with E-state index in [4.69, 9.17) is 32.7 Å². The van der Waals surface area contributed by atoms with Crippen LogP contribution in [0.4, 0.5) is 0 Å². The minimum atomic E-state index is -2.73. The maximum atomic E-state index is 13.0. The molecule has 8 heteroatoms. The highest BCUT2D eigenvalue weighted by molar-refractivity contribution is 7.71. The molecule has 0 bridgehead atoms. The Morgan fingerprint density at radius 1 is 0.692 bits per heavy atom. The van der Waals surface area contributed by atoms with Gasteiger partial charge < -0.3 is 18.6 Å². The van der Waals surface area contributed by atoms with Crippen LogP contribution >= 0.6 is 37.5 Å². The molecule has 2 rings (SSSR count). The van der Waals surface area contributed by atoms with Gasteiger partial charge in [-0.15, -0.1) is 0 Å². The lowest BCUT2D eigenvalue weighted by Gasteiger charge is -2.24. The Balaban J connectivity index is 3.15. The first-order chi connectivity index (χ1) is 11.9. The summed E-state index contributed by atoms with van der Waals surface area (Å²) >= 11 is 12.7. The van der Waals surface area contributed by atoms with Crippen LogP contribution in [0.3, 0.4) is 0 Å². The maximum Gasteiger partial charge on any atom is 0.146 e. The number of halogens is 2. The maximum absolute atomic E-state index is 13.0. The van der Waals surface area contributed by atoms with Gasteiger partial charge in [0.1, 0.15) is 25.8 Å². The van der Waals surface area contributed by atoms with Crippen LogP contribution in [0.5, 0.6) is 11.5 Å². The van der Waals surface area contributed by atoms with Crippen LogP contribution in [0.2, 0.25) is 10.0 Å². The van der Waals surface area contributed by atoms with E-state index >= 15 is 0 Å². The quantitative estimate of drug-likeness (QED) is 0.608. The molecule has 0 aliphatic rings. The Morgan fingerprint density at radius 3 is 1.23 bits per heavy atom. The molecule has 0 atom stereocenters. The molecule has 0 aromatic heterocycles. The zero-order chi connectivity index (χ0) is 19.9. The van der Waals surface area contributed by atoms with Crippen molar-refractivity contribution in [2.24, 2.45) is 0 Å². The summed E-state index contributed by atoms with van der Waals surface area (Å²) in [4.78, 5) is 0. The van der Waals surface area contributed by atoms with Crippen LogP contribution in [-0.2, 0) is 9.13 Å². The summed E-state index contributed by atoms with van der Waals surface area (Å²) in [5.41, 5.74) is 1.01. The zero-order valence-electron chi connectivity index (χ0n) is 15.6. The van der Waals surface area contributed by atoms with Crippen molar-refractivity contribution in [2.75, 3.05) is 40.9 Å².